The molecule has 1 unspecified atom stereocenters. The first-order chi connectivity index (χ1) is 4.48. The summed E-state index contributed by atoms with van der Waals surface area (Å²) in [6.45, 7) is 4.95. The molecule has 0 aromatic rings. The Morgan fingerprint density at radius 1 is 1.50 bits per heavy atom. The third kappa shape index (κ3) is 3.49. The molecule has 58 valence electrons. The van der Waals surface area contributed by atoms with Crippen LogP contribution in [0.15, 0.2) is 0 Å². The van der Waals surface area contributed by atoms with Crippen LogP contribution in [0.3, 0.4) is 0 Å². The predicted octanol–water partition coefficient (Wildman–Crippen LogP) is 0.532. The van der Waals surface area contributed by atoms with Gasteiger partial charge in [0, 0.05) is 6.42 Å². The molecule has 2 N–H and O–H groups in total. The fourth-order valence-corrected chi connectivity index (χ4v) is 0.375. The third-order valence-electron chi connectivity index (χ3n) is 1.08. The number of hydrogen-bond acceptors (Lipinski definition) is 2. The molecule has 0 bridgehead atoms. The van der Waals surface area contributed by atoms with Crippen molar-refractivity contribution in [2.45, 2.75) is 38.9 Å². The minimum Gasteiger partial charge on any atom is -0.387 e. The molecule has 0 saturated heterocycles. The molecule has 1 atom stereocenters. The lowest BCUT2D eigenvalue weighted by molar-refractivity contribution is -0.0177. The minimum absolute atomic E-state index is 0.702. The largest absolute Gasteiger partial charge is 0.387 e. The van der Waals surface area contributed by atoms with Crippen LogP contribution in [0.2, 0.25) is 0 Å². The first-order valence-electron chi connectivity index (χ1n) is 3.37. The van der Waals surface area contributed by atoms with Crippen molar-refractivity contribution in [2.24, 2.45) is 0 Å². The van der Waals surface area contributed by atoms with Gasteiger partial charge < -0.3 is 10.2 Å². The molecule has 0 aliphatic rings. The fourth-order valence-electron chi connectivity index (χ4n) is 0.375. The maximum absolute atomic E-state index is 9.16. The Bertz CT molecular complexity index is 145. The first-order valence-corrected chi connectivity index (χ1v) is 3.37. The lowest BCUT2D eigenvalue weighted by Gasteiger charge is -2.19. The highest BCUT2D eigenvalue weighted by molar-refractivity contribution is 5.08. The van der Waals surface area contributed by atoms with Gasteiger partial charge in [-0.1, -0.05) is 12.8 Å². The van der Waals surface area contributed by atoms with Gasteiger partial charge in [0.25, 0.3) is 0 Å². The van der Waals surface area contributed by atoms with Crippen molar-refractivity contribution in [1.29, 1.82) is 0 Å². The molecule has 0 saturated carbocycles. The van der Waals surface area contributed by atoms with Crippen molar-refractivity contribution in [3.05, 3.63) is 0 Å². The zero-order valence-corrected chi connectivity index (χ0v) is 6.68. The van der Waals surface area contributed by atoms with Crippen molar-refractivity contribution in [3.8, 4) is 11.8 Å². The van der Waals surface area contributed by atoms with Crippen LogP contribution in [0.4, 0.5) is 0 Å². The van der Waals surface area contributed by atoms with E-state index in [0.29, 0.717) is 6.42 Å². The summed E-state index contributed by atoms with van der Waals surface area (Å²) in [7, 11) is 0. The van der Waals surface area contributed by atoms with Crippen LogP contribution in [0.1, 0.15) is 27.2 Å². The Morgan fingerprint density at radius 2 is 2.00 bits per heavy atom. The maximum atomic E-state index is 9.16. The molecule has 0 radical (unpaired) electrons. The zero-order chi connectivity index (χ0) is 8.20. The summed E-state index contributed by atoms with van der Waals surface area (Å²) < 4.78 is 0. The third-order valence-corrected chi connectivity index (χ3v) is 1.08. The second-order valence-corrected chi connectivity index (χ2v) is 2.73. The van der Waals surface area contributed by atoms with E-state index in [9.17, 15) is 0 Å². The van der Waals surface area contributed by atoms with Crippen LogP contribution in [0.5, 0.6) is 0 Å². The monoisotopic (exact) mass is 142 g/mol. The van der Waals surface area contributed by atoms with E-state index in [1.54, 1.807) is 0 Å². The van der Waals surface area contributed by atoms with Gasteiger partial charge in [-0.25, -0.2) is 0 Å². The molecule has 0 aliphatic heterocycles. The molecular formula is C8H14O2. The van der Waals surface area contributed by atoms with E-state index >= 15 is 0 Å². The van der Waals surface area contributed by atoms with E-state index in [1.807, 2.05) is 6.92 Å². The molecule has 0 spiro atoms. The maximum Gasteiger partial charge on any atom is 0.142 e. The lowest BCUT2D eigenvalue weighted by Crippen LogP contribution is -2.34. The Labute approximate surface area is 61.9 Å². The normalized spacial score (nSPS) is 13.7. The van der Waals surface area contributed by atoms with Crippen LogP contribution in [0.25, 0.3) is 0 Å². The van der Waals surface area contributed by atoms with Gasteiger partial charge in [-0.2, -0.15) is 0 Å². The van der Waals surface area contributed by atoms with Gasteiger partial charge in [-0.05, 0) is 13.8 Å². The Balaban J connectivity index is 3.97. The van der Waals surface area contributed by atoms with E-state index in [2.05, 4.69) is 11.8 Å². The average molecular weight is 142 g/mol. The summed E-state index contributed by atoms with van der Waals surface area (Å²) in [5, 5.41) is 18.3. The molecule has 0 amide bonds. The van der Waals surface area contributed by atoms with E-state index in [0.717, 1.165) is 0 Å². The molecule has 0 heterocycles. The lowest BCUT2D eigenvalue weighted by atomic mass is 10.0. The van der Waals surface area contributed by atoms with Gasteiger partial charge >= 0.3 is 0 Å². The molecule has 0 aromatic heterocycles. The number of aliphatic hydroxyl groups is 2. The smallest absolute Gasteiger partial charge is 0.142 e. The van der Waals surface area contributed by atoms with Crippen molar-refractivity contribution in [3.63, 3.8) is 0 Å². The highest BCUT2D eigenvalue weighted by Gasteiger charge is 2.21. The van der Waals surface area contributed by atoms with E-state index < -0.39 is 11.7 Å². The van der Waals surface area contributed by atoms with Crippen LogP contribution >= 0.6 is 0 Å². The molecule has 0 rings (SSSR count). The van der Waals surface area contributed by atoms with Crippen LogP contribution in [0, 0.1) is 11.8 Å². The van der Waals surface area contributed by atoms with E-state index in [-0.39, 0.29) is 0 Å². The van der Waals surface area contributed by atoms with Gasteiger partial charge in [0.05, 0.1) is 5.60 Å². The molecule has 2 heteroatoms. The summed E-state index contributed by atoms with van der Waals surface area (Å²) in [5.41, 5.74) is -1.11. The molecule has 0 aromatic carbocycles. The number of rotatable bonds is 1. The molecule has 0 aliphatic carbocycles. The van der Waals surface area contributed by atoms with Crippen molar-refractivity contribution >= 4 is 0 Å². The van der Waals surface area contributed by atoms with E-state index in [1.165, 1.54) is 13.8 Å². The fraction of sp³-hybridized carbons (Fsp3) is 0.750. The SMILES string of the molecule is CCC#CC(O)C(C)(C)O. The highest BCUT2D eigenvalue weighted by atomic mass is 16.3. The standard InChI is InChI=1S/C8H14O2/c1-4-5-6-7(9)8(2,3)10/h7,9-10H,4H2,1-3H3. The topological polar surface area (TPSA) is 40.5 Å². The zero-order valence-electron chi connectivity index (χ0n) is 6.68. The van der Waals surface area contributed by atoms with E-state index in [4.69, 9.17) is 10.2 Å². The summed E-state index contributed by atoms with van der Waals surface area (Å²) in [6, 6.07) is 0. The summed E-state index contributed by atoms with van der Waals surface area (Å²) in [5.74, 6) is 5.22. The van der Waals surface area contributed by atoms with Gasteiger partial charge in [0.15, 0.2) is 0 Å². The van der Waals surface area contributed by atoms with Crippen molar-refractivity contribution in [2.75, 3.05) is 0 Å². The van der Waals surface area contributed by atoms with Gasteiger partial charge in [0.1, 0.15) is 6.10 Å². The van der Waals surface area contributed by atoms with Crippen molar-refractivity contribution < 1.29 is 10.2 Å². The van der Waals surface area contributed by atoms with Crippen LogP contribution in [-0.4, -0.2) is 21.9 Å². The molecule has 10 heavy (non-hydrogen) atoms. The molecular weight excluding hydrogens is 128 g/mol. The Morgan fingerprint density at radius 3 is 2.30 bits per heavy atom. The first kappa shape index (κ1) is 9.48. The van der Waals surface area contributed by atoms with Gasteiger partial charge in [0.2, 0.25) is 0 Å². The Hall–Kier alpha value is -0.520. The average Bonchev–Trinajstić information content (AvgIpc) is 1.80. The van der Waals surface area contributed by atoms with Crippen molar-refractivity contribution in [1.82, 2.24) is 0 Å². The highest BCUT2D eigenvalue weighted by Crippen LogP contribution is 2.06. The number of hydrogen-bond donors (Lipinski definition) is 2. The number of aliphatic hydroxyl groups excluding tert-OH is 1. The Kier molecular flexibility index (Phi) is 3.41. The second-order valence-electron chi connectivity index (χ2n) is 2.73. The second kappa shape index (κ2) is 3.60. The molecule has 0 fully saturated rings. The minimum atomic E-state index is -1.11. The summed E-state index contributed by atoms with van der Waals surface area (Å²) in [4.78, 5) is 0. The van der Waals surface area contributed by atoms with Gasteiger partial charge in [-0.3, -0.25) is 0 Å². The summed E-state index contributed by atoms with van der Waals surface area (Å²) >= 11 is 0. The molecule has 2 nitrogen and oxygen atoms in total. The quantitative estimate of drug-likeness (QED) is 0.524. The van der Waals surface area contributed by atoms with Gasteiger partial charge in [-0.15, -0.1) is 5.92 Å². The van der Waals surface area contributed by atoms with Crippen LogP contribution < -0.4 is 0 Å². The predicted molar refractivity (Wildman–Crippen MR) is 40.4 cm³/mol. The summed E-state index contributed by atoms with van der Waals surface area (Å²) in [6.07, 6.45) is -0.236. The van der Waals surface area contributed by atoms with Crippen LogP contribution in [-0.2, 0) is 0 Å².